The van der Waals surface area contributed by atoms with Crippen LogP contribution in [0.3, 0.4) is 0 Å². The average molecular weight is 273 g/mol. The molecule has 1 heterocycles. The molecule has 1 aliphatic carbocycles. The summed E-state index contributed by atoms with van der Waals surface area (Å²) in [7, 11) is 0. The zero-order valence-corrected chi connectivity index (χ0v) is 11.4. The zero-order valence-electron chi connectivity index (χ0n) is 11.4. The molecule has 106 valence electrons. The fourth-order valence-electron chi connectivity index (χ4n) is 2.94. The maximum Gasteiger partial charge on any atom is 0.244 e. The third kappa shape index (κ3) is 2.41. The van der Waals surface area contributed by atoms with E-state index in [4.69, 9.17) is 5.73 Å². The molecule has 0 atom stereocenters. The molecule has 4 N–H and O–H groups in total. The normalized spacial score (nSPS) is 20.1. The van der Waals surface area contributed by atoms with Gasteiger partial charge in [0.15, 0.2) is 0 Å². The molecule has 5 heteroatoms. The van der Waals surface area contributed by atoms with Gasteiger partial charge in [0.2, 0.25) is 11.8 Å². The molecule has 1 aliphatic heterocycles. The summed E-state index contributed by atoms with van der Waals surface area (Å²) in [5.41, 5.74) is 7.97. The lowest BCUT2D eigenvalue weighted by Gasteiger charge is -2.23. The number of carbonyl (C=O) groups is 2. The second-order valence-electron chi connectivity index (χ2n) is 5.74. The first-order valence-electron chi connectivity index (χ1n) is 7.10. The maximum atomic E-state index is 12.2. The van der Waals surface area contributed by atoms with Crippen LogP contribution in [0.1, 0.15) is 37.7 Å². The molecular formula is C15H19N3O2. The van der Waals surface area contributed by atoms with Crippen molar-refractivity contribution in [2.45, 2.75) is 44.1 Å². The lowest BCUT2D eigenvalue weighted by molar-refractivity contribution is -0.121. The van der Waals surface area contributed by atoms with Crippen molar-refractivity contribution in [2.24, 2.45) is 5.73 Å². The molecule has 1 fully saturated rings. The number of rotatable bonds is 2. The fourth-order valence-corrected chi connectivity index (χ4v) is 2.94. The van der Waals surface area contributed by atoms with E-state index in [1.54, 1.807) is 0 Å². The predicted octanol–water partition coefficient (Wildman–Crippen LogP) is 1.78. The van der Waals surface area contributed by atoms with Crippen molar-refractivity contribution >= 4 is 23.2 Å². The van der Waals surface area contributed by atoms with E-state index < -0.39 is 5.54 Å². The number of nitrogens with two attached hydrogens (primary N) is 1. The van der Waals surface area contributed by atoms with Crippen LogP contribution in [0.15, 0.2) is 18.2 Å². The summed E-state index contributed by atoms with van der Waals surface area (Å²) in [6.45, 7) is 0. The first-order valence-corrected chi connectivity index (χ1v) is 7.10. The highest BCUT2D eigenvalue weighted by Crippen LogP contribution is 2.30. The van der Waals surface area contributed by atoms with Crippen LogP contribution < -0.4 is 16.4 Å². The minimum Gasteiger partial charge on any atom is -0.326 e. The van der Waals surface area contributed by atoms with E-state index in [2.05, 4.69) is 10.6 Å². The van der Waals surface area contributed by atoms with Crippen molar-refractivity contribution in [1.82, 2.24) is 0 Å². The molecule has 5 nitrogen and oxygen atoms in total. The van der Waals surface area contributed by atoms with Crippen LogP contribution in [0.4, 0.5) is 11.4 Å². The molecule has 0 aromatic heterocycles. The van der Waals surface area contributed by atoms with E-state index in [-0.39, 0.29) is 11.8 Å². The number of amides is 2. The number of carbonyl (C=O) groups excluding carboxylic acids is 2. The third-order valence-electron chi connectivity index (χ3n) is 4.21. The van der Waals surface area contributed by atoms with Crippen LogP contribution in [-0.2, 0) is 16.0 Å². The number of hydrogen-bond acceptors (Lipinski definition) is 3. The minimum absolute atomic E-state index is 0.0204. The van der Waals surface area contributed by atoms with Gasteiger partial charge in [-0.1, -0.05) is 18.9 Å². The Morgan fingerprint density at radius 3 is 2.75 bits per heavy atom. The van der Waals surface area contributed by atoms with Gasteiger partial charge in [-0.25, -0.2) is 0 Å². The Labute approximate surface area is 117 Å². The summed E-state index contributed by atoms with van der Waals surface area (Å²) in [5.74, 6) is -0.107. The second-order valence-corrected chi connectivity index (χ2v) is 5.74. The van der Waals surface area contributed by atoms with Gasteiger partial charge in [-0.05, 0) is 37.0 Å². The van der Waals surface area contributed by atoms with Crippen molar-refractivity contribution in [3.63, 3.8) is 0 Å². The van der Waals surface area contributed by atoms with Gasteiger partial charge in [0.25, 0.3) is 0 Å². The molecule has 20 heavy (non-hydrogen) atoms. The van der Waals surface area contributed by atoms with E-state index in [9.17, 15) is 9.59 Å². The SMILES string of the molecule is NC1(C(=O)Nc2ccc3c(c2)NC(=O)CC3)CCCC1. The summed E-state index contributed by atoms with van der Waals surface area (Å²) in [5, 5.41) is 5.71. The Hall–Kier alpha value is -1.88. The van der Waals surface area contributed by atoms with Crippen LogP contribution in [0.25, 0.3) is 0 Å². The van der Waals surface area contributed by atoms with Gasteiger partial charge >= 0.3 is 0 Å². The molecular weight excluding hydrogens is 254 g/mol. The van der Waals surface area contributed by atoms with Crippen molar-refractivity contribution in [1.29, 1.82) is 0 Å². The highest BCUT2D eigenvalue weighted by Gasteiger charge is 2.37. The first-order chi connectivity index (χ1) is 9.57. The van der Waals surface area contributed by atoms with Gasteiger partial charge in [-0.3, -0.25) is 9.59 Å². The molecule has 0 saturated heterocycles. The Balaban J connectivity index is 1.76. The predicted molar refractivity (Wildman–Crippen MR) is 77.4 cm³/mol. The molecule has 0 spiro atoms. The quantitative estimate of drug-likeness (QED) is 0.768. The molecule has 0 radical (unpaired) electrons. The number of anilines is 2. The van der Waals surface area contributed by atoms with Crippen LogP contribution in [-0.4, -0.2) is 17.4 Å². The third-order valence-corrected chi connectivity index (χ3v) is 4.21. The average Bonchev–Trinajstić information content (AvgIpc) is 2.86. The van der Waals surface area contributed by atoms with Gasteiger partial charge in [0, 0.05) is 17.8 Å². The van der Waals surface area contributed by atoms with Crippen molar-refractivity contribution in [2.75, 3.05) is 10.6 Å². The molecule has 1 saturated carbocycles. The summed E-state index contributed by atoms with van der Waals surface area (Å²) in [6, 6.07) is 5.62. The summed E-state index contributed by atoms with van der Waals surface area (Å²) in [6.07, 6.45) is 4.75. The molecule has 1 aromatic carbocycles. The fraction of sp³-hybridized carbons (Fsp3) is 0.467. The van der Waals surface area contributed by atoms with Crippen LogP contribution in [0.2, 0.25) is 0 Å². The number of fused-ring (bicyclic) bond motifs is 1. The van der Waals surface area contributed by atoms with Crippen LogP contribution >= 0.6 is 0 Å². The summed E-state index contributed by atoms with van der Waals surface area (Å²) < 4.78 is 0. The van der Waals surface area contributed by atoms with Crippen LogP contribution in [0.5, 0.6) is 0 Å². The van der Waals surface area contributed by atoms with Crippen molar-refractivity contribution in [3.8, 4) is 0 Å². The molecule has 2 amide bonds. The van der Waals surface area contributed by atoms with E-state index in [1.165, 1.54) is 0 Å². The van der Waals surface area contributed by atoms with E-state index >= 15 is 0 Å². The molecule has 1 aromatic rings. The lowest BCUT2D eigenvalue weighted by atomic mass is 9.97. The van der Waals surface area contributed by atoms with Gasteiger partial charge in [0.1, 0.15) is 0 Å². The Morgan fingerprint density at radius 2 is 2.00 bits per heavy atom. The molecule has 2 aliphatic rings. The highest BCUT2D eigenvalue weighted by molar-refractivity contribution is 6.00. The minimum atomic E-state index is -0.737. The second kappa shape index (κ2) is 4.90. The number of hydrogen-bond donors (Lipinski definition) is 3. The smallest absolute Gasteiger partial charge is 0.244 e. The monoisotopic (exact) mass is 273 g/mol. The van der Waals surface area contributed by atoms with Gasteiger partial charge in [-0.2, -0.15) is 0 Å². The van der Waals surface area contributed by atoms with Gasteiger partial charge < -0.3 is 16.4 Å². The largest absolute Gasteiger partial charge is 0.326 e. The molecule has 0 unspecified atom stereocenters. The summed E-state index contributed by atoms with van der Waals surface area (Å²) in [4.78, 5) is 23.6. The molecule has 3 rings (SSSR count). The summed E-state index contributed by atoms with van der Waals surface area (Å²) >= 11 is 0. The maximum absolute atomic E-state index is 12.2. The number of benzene rings is 1. The van der Waals surface area contributed by atoms with Crippen LogP contribution in [0, 0.1) is 0 Å². The van der Waals surface area contributed by atoms with Crippen molar-refractivity contribution in [3.05, 3.63) is 23.8 Å². The van der Waals surface area contributed by atoms with E-state index in [0.717, 1.165) is 43.4 Å². The molecule has 0 bridgehead atoms. The first kappa shape index (κ1) is 13.1. The Morgan fingerprint density at radius 1 is 1.25 bits per heavy atom. The van der Waals surface area contributed by atoms with Crippen molar-refractivity contribution < 1.29 is 9.59 Å². The number of nitrogens with one attached hydrogen (secondary N) is 2. The van der Waals surface area contributed by atoms with E-state index in [0.29, 0.717) is 12.1 Å². The topological polar surface area (TPSA) is 84.2 Å². The van der Waals surface area contributed by atoms with E-state index in [1.807, 2.05) is 18.2 Å². The standard InChI is InChI=1S/C15H19N3O2/c16-15(7-1-2-8-15)14(20)17-11-5-3-10-4-6-13(19)18-12(10)9-11/h3,5,9H,1-2,4,6-8,16H2,(H,17,20)(H,18,19). The Kier molecular flexibility index (Phi) is 3.22. The zero-order chi connectivity index (χ0) is 14.2. The van der Waals surface area contributed by atoms with Gasteiger partial charge in [0.05, 0.1) is 5.54 Å². The highest BCUT2D eigenvalue weighted by atomic mass is 16.2. The number of aryl methyl sites for hydroxylation is 1. The lowest BCUT2D eigenvalue weighted by Crippen LogP contribution is -2.48. The Bertz CT molecular complexity index is 562. The van der Waals surface area contributed by atoms with Gasteiger partial charge in [-0.15, -0.1) is 0 Å².